The summed E-state index contributed by atoms with van der Waals surface area (Å²) in [6.07, 6.45) is 8.94. The minimum Gasteiger partial charge on any atom is -0.491 e. The first-order chi connectivity index (χ1) is 23.9. The topological polar surface area (TPSA) is 109 Å². The highest BCUT2D eigenvalue weighted by molar-refractivity contribution is 6.07. The summed E-state index contributed by atoms with van der Waals surface area (Å²) >= 11 is 0. The number of benzene rings is 2. The maximum atomic E-state index is 12.2. The molecule has 49 heavy (non-hydrogen) atoms. The van der Waals surface area contributed by atoms with Crippen LogP contribution in [0.15, 0.2) is 43.6 Å². The first kappa shape index (κ1) is 33.0. The number of hydrogen-bond donors (Lipinski definition) is 1. The Morgan fingerprint density at radius 3 is 2.55 bits per heavy atom. The smallest absolute Gasteiger partial charge is 0.319 e. The molecule has 4 aromatic rings. The molecule has 3 saturated heterocycles. The van der Waals surface area contributed by atoms with Crippen LogP contribution in [0.1, 0.15) is 43.7 Å². The van der Waals surface area contributed by atoms with Crippen molar-refractivity contribution in [2.75, 3.05) is 71.0 Å². The van der Waals surface area contributed by atoms with Crippen LogP contribution in [0, 0.1) is 12.3 Å². The Bertz CT molecular complexity index is 1860. The average molecular weight is 666 g/mol. The van der Waals surface area contributed by atoms with Gasteiger partial charge in [-0.25, -0.2) is 0 Å². The van der Waals surface area contributed by atoms with Crippen LogP contribution in [0.4, 0.5) is 5.82 Å². The van der Waals surface area contributed by atoms with E-state index >= 15 is 0 Å². The molecule has 3 aliphatic heterocycles. The molecular formula is C38H47N7O4. The molecular weight excluding hydrogens is 618 g/mol. The highest BCUT2D eigenvalue weighted by Gasteiger charge is 2.46. The van der Waals surface area contributed by atoms with Crippen molar-refractivity contribution < 1.29 is 19.0 Å². The molecule has 1 spiro atoms. The van der Waals surface area contributed by atoms with Crippen molar-refractivity contribution in [1.29, 1.82) is 0 Å². The molecule has 0 unspecified atom stereocenters. The third-order valence-corrected chi connectivity index (χ3v) is 10.6. The molecule has 11 heteroatoms. The van der Waals surface area contributed by atoms with E-state index in [0.717, 1.165) is 128 Å². The van der Waals surface area contributed by atoms with Gasteiger partial charge >= 0.3 is 6.01 Å². The van der Waals surface area contributed by atoms with Crippen LogP contribution in [0.3, 0.4) is 0 Å². The molecule has 0 bridgehead atoms. The van der Waals surface area contributed by atoms with Crippen LogP contribution in [0.2, 0.25) is 0 Å². The lowest BCUT2D eigenvalue weighted by Crippen LogP contribution is -2.61. The summed E-state index contributed by atoms with van der Waals surface area (Å²) in [7, 11) is 1.74. The van der Waals surface area contributed by atoms with Gasteiger partial charge in [0.2, 0.25) is 5.91 Å². The number of amides is 1. The summed E-state index contributed by atoms with van der Waals surface area (Å²) in [6.45, 7) is 19.2. The number of anilines is 1. The number of H-pyrrole nitrogens is 1. The van der Waals surface area contributed by atoms with Gasteiger partial charge < -0.3 is 28.9 Å². The summed E-state index contributed by atoms with van der Waals surface area (Å²) in [5, 5.41) is 9.41. The zero-order chi connectivity index (χ0) is 34.1. The second kappa shape index (κ2) is 13.8. The number of likely N-dealkylation sites (tertiary alicyclic amines) is 2. The largest absolute Gasteiger partial charge is 0.491 e. The van der Waals surface area contributed by atoms with E-state index in [0.29, 0.717) is 18.4 Å². The van der Waals surface area contributed by atoms with Crippen molar-refractivity contribution >= 4 is 39.6 Å². The molecule has 258 valence electrons. The fourth-order valence-electron chi connectivity index (χ4n) is 7.85. The lowest BCUT2D eigenvalue weighted by atomic mass is 9.72. The van der Waals surface area contributed by atoms with E-state index in [4.69, 9.17) is 24.2 Å². The summed E-state index contributed by atoms with van der Waals surface area (Å²) in [6, 6.07) is 6.70. The second-order valence-electron chi connectivity index (χ2n) is 13.7. The number of piperidine rings is 2. The van der Waals surface area contributed by atoms with Gasteiger partial charge in [-0.1, -0.05) is 25.3 Å². The molecule has 0 radical (unpaired) electrons. The van der Waals surface area contributed by atoms with E-state index in [9.17, 15) is 4.79 Å². The highest BCUT2D eigenvalue weighted by Crippen LogP contribution is 2.47. The highest BCUT2D eigenvalue weighted by atomic mass is 16.5. The number of carbonyl (C=O) groups is 1. The lowest BCUT2D eigenvalue weighted by molar-refractivity contribution is -0.139. The third kappa shape index (κ3) is 6.25. The summed E-state index contributed by atoms with van der Waals surface area (Å²) < 4.78 is 18.5. The number of carbonyl (C=O) groups excluding carboxylic acids is 1. The first-order valence-electron chi connectivity index (χ1n) is 17.5. The fourth-order valence-corrected chi connectivity index (χ4v) is 7.85. The third-order valence-electron chi connectivity index (χ3n) is 10.6. The van der Waals surface area contributed by atoms with Crippen LogP contribution >= 0.6 is 0 Å². The first-order valence-corrected chi connectivity index (χ1v) is 17.5. The normalized spacial score (nSPS) is 18.2. The molecule has 1 N–H and O–H groups in total. The Labute approximate surface area is 287 Å². The Balaban J connectivity index is 1.31. The molecule has 0 aliphatic carbocycles. The maximum absolute atomic E-state index is 12.2. The number of aromatic nitrogens is 4. The van der Waals surface area contributed by atoms with Crippen LogP contribution in [-0.4, -0.2) is 108 Å². The number of nitrogens with zero attached hydrogens (tertiary/aromatic N) is 6. The standard InChI is InChI=1S/C38H47N7O4/c1-6-26-21-28-34(35(48-8-3)33(26)32-25(4)9-10-30-29(32)22-39-42-30)40-37(49-27-11-15-43(16-12-27)19-20-47-5)41-36(28)44-17-13-38(14-18-44)23-45(24-38)31(46)7-2/h6-7,9-10,21-22,27H,1-2,8,11-20,23-24H2,3-5H3,(H,39,42). The predicted octanol–water partition coefficient (Wildman–Crippen LogP) is 5.63. The van der Waals surface area contributed by atoms with Crippen LogP contribution in [-0.2, 0) is 9.53 Å². The van der Waals surface area contributed by atoms with Crippen LogP contribution in [0.25, 0.3) is 39.0 Å². The van der Waals surface area contributed by atoms with Crippen molar-refractivity contribution in [2.24, 2.45) is 5.41 Å². The Kier molecular flexibility index (Phi) is 9.30. The van der Waals surface area contributed by atoms with Gasteiger partial charge in [-0.2, -0.15) is 15.1 Å². The van der Waals surface area contributed by atoms with Crippen LogP contribution < -0.4 is 14.4 Å². The van der Waals surface area contributed by atoms with Gasteiger partial charge in [0.25, 0.3) is 0 Å². The van der Waals surface area contributed by atoms with Gasteiger partial charge in [0.05, 0.1) is 24.9 Å². The van der Waals surface area contributed by atoms with Gasteiger partial charge in [0.1, 0.15) is 17.4 Å². The van der Waals surface area contributed by atoms with Crippen molar-refractivity contribution in [3.8, 4) is 22.9 Å². The molecule has 3 fully saturated rings. The fraction of sp³-hybridized carbons (Fsp3) is 0.474. The number of aryl methyl sites for hydroxylation is 1. The molecule has 7 rings (SSSR count). The summed E-state index contributed by atoms with van der Waals surface area (Å²) in [5.74, 6) is 1.55. The predicted molar refractivity (Wildman–Crippen MR) is 193 cm³/mol. The van der Waals surface area contributed by atoms with Gasteiger partial charge in [-0.15, -0.1) is 0 Å². The number of rotatable bonds is 11. The maximum Gasteiger partial charge on any atom is 0.319 e. The number of ether oxygens (including phenoxy) is 3. The van der Waals surface area contributed by atoms with Gasteiger partial charge in [0, 0.05) is 74.7 Å². The summed E-state index contributed by atoms with van der Waals surface area (Å²) in [5.41, 5.74) is 5.86. The zero-order valence-electron chi connectivity index (χ0n) is 29.0. The van der Waals surface area contributed by atoms with Crippen molar-refractivity contribution in [1.82, 2.24) is 30.0 Å². The number of hydrogen-bond acceptors (Lipinski definition) is 9. The molecule has 2 aromatic carbocycles. The molecule has 0 atom stereocenters. The average Bonchev–Trinajstić information content (AvgIpc) is 3.59. The van der Waals surface area contributed by atoms with E-state index in [1.54, 1.807) is 7.11 Å². The minimum atomic E-state index is 0.0127. The molecule has 2 aromatic heterocycles. The SMILES string of the molecule is C=CC(=O)N1CC2(CCN(c3nc(OC4CCN(CCOC)CC4)nc4c(OCC)c(-c5c(C)ccc6[nH]ncc56)c(C=C)cc34)CC2)C1. The van der Waals surface area contributed by atoms with Gasteiger partial charge in [-0.05, 0) is 74.4 Å². The van der Waals surface area contributed by atoms with E-state index in [1.165, 1.54) is 6.08 Å². The van der Waals surface area contributed by atoms with Crippen molar-refractivity contribution in [3.05, 3.63) is 54.8 Å². The van der Waals surface area contributed by atoms with Crippen molar-refractivity contribution in [2.45, 2.75) is 45.6 Å². The number of methoxy groups -OCH3 is 1. The molecule has 5 heterocycles. The Morgan fingerprint density at radius 2 is 1.86 bits per heavy atom. The zero-order valence-corrected chi connectivity index (χ0v) is 29.0. The molecule has 11 nitrogen and oxygen atoms in total. The number of aromatic amines is 1. The quantitative estimate of drug-likeness (QED) is 0.204. The van der Waals surface area contributed by atoms with Crippen LogP contribution in [0.5, 0.6) is 11.8 Å². The molecule has 1 amide bonds. The molecule has 3 aliphatic rings. The monoisotopic (exact) mass is 665 g/mol. The van der Waals surface area contributed by atoms with E-state index in [-0.39, 0.29) is 17.4 Å². The summed E-state index contributed by atoms with van der Waals surface area (Å²) in [4.78, 5) is 29.2. The van der Waals surface area contributed by atoms with E-state index < -0.39 is 0 Å². The second-order valence-corrected chi connectivity index (χ2v) is 13.7. The van der Waals surface area contributed by atoms with E-state index in [2.05, 4.69) is 58.3 Å². The van der Waals surface area contributed by atoms with Gasteiger partial charge in [-0.3, -0.25) is 9.89 Å². The Hall–Kier alpha value is -4.48. The molecule has 0 saturated carbocycles. The Morgan fingerprint density at radius 1 is 1.08 bits per heavy atom. The van der Waals surface area contributed by atoms with Gasteiger partial charge in [0.15, 0.2) is 5.75 Å². The van der Waals surface area contributed by atoms with Crippen molar-refractivity contribution in [3.63, 3.8) is 0 Å². The number of fused-ring (bicyclic) bond motifs is 2. The minimum absolute atomic E-state index is 0.0127. The lowest BCUT2D eigenvalue weighted by Gasteiger charge is -2.54. The number of nitrogens with one attached hydrogen (secondary N) is 1. The van der Waals surface area contributed by atoms with E-state index in [1.807, 2.05) is 24.1 Å².